The van der Waals surface area contributed by atoms with E-state index in [0.717, 1.165) is 16.7 Å². The molecule has 1 aromatic carbocycles. The molecule has 6 heteroatoms. The maximum atomic E-state index is 13.1. The van der Waals surface area contributed by atoms with Crippen molar-refractivity contribution in [3.05, 3.63) is 99.2 Å². The summed E-state index contributed by atoms with van der Waals surface area (Å²) in [4.78, 5) is 32.1. The Morgan fingerprint density at radius 2 is 1.96 bits per heavy atom. The lowest BCUT2D eigenvalue weighted by molar-refractivity contribution is -0.130. The van der Waals surface area contributed by atoms with Crippen LogP contribution in [0.25, 0.3) is 0 Å². The highest BCUT2D eigenvalue weighted by atomic mass is 32.1. The van der Waals surface area contributed by atoms with Gasteiger partial charge >= 0.3 is 0 Å². The highest BCUT2D eigenvalue weighted by molar-refractivity contribution is 7.12. The van der Waals surface area contributed by atoms with E-state index in [4.69, 9.17) is 0 Å². The zero-order valence-electron chi connectivity index (χ0n) is 15.2. The molecule has 5 nitrogen and oxygen atoms in total. The number of nitrogens with zero attached hydrogens (tertiary/aromatic N) is 2. The highest BCUT2D eigenvalue weighted by Gasteiger charge is 2.43. The topological polar surface area (TPSA) is 70.5 Å². The van der Waals surface area contributed by atoms with Crippen molar-refractivity contribution >= 4 is 23.0 Å². The monoisotopic (exact) mass is 390 g/mol. The number of aliphatic hydroxyl groups excluding tert-OH is 1. The first kappa shape index (κ1) is 18.1. The molecular weight excluding hydrogens is 372 g/mol. The molecule has 0 radical (unpaired) electrons. The summed E-state index contributed by atoms with van der Waals surface area (Å²) in [5.41, 5.74) is 2.82. The van der Waals surface area contributed by atoms with Gasteiger partial charge in [-0.15, -0.1) is 11.3 Å². The van der Waals surface area contributed by atoms with Gasteiger partial charge in [-0.25, -0.2) is 0 Å². The molecule has 0 saturated carbocycles. The van der Waals surface area contributed by atoms with E-state index in [9.17, 15) is 14.7 Å². The van der Waals surface area contributed by atoms with Crippen molar-refractivity contribution in [1.29, 1.82) is 0 Å². The van der Waals surface area contributed by atoms with E-state index in [0.29, 0.717) is 4.88 Å². The molecule has 3 heterocycles. The molecule has 0 aliphatic carbocycles. The van der Waals surface area contributed by atoms with Crippen LogP contribution in [0.3, 0.4) is 0 Å². The summed E-state index contributed by atoms with van der Waals surface area (Å²) in [6.45, 7) is 2.23. The van der Waals surface area contributed by atoms with Crippen LogP contribution in [0.4, 0.5) is 0 Å². The number of aliphatic hydroxyl groups is 1. The van der Waals surface area contributed by atoms with E-state index in [1.54, 1.807) is 34.8 Å². The third-order valence-electron chi connectivity index (χ3n) is 4.75. The smallest absolute Gasteiger partial charge is 0.290 e. The Hall–Kier alpha value is -3.25. The highest BCUT2D eigenvalue weighted by Crippen LogP contribution is 2.40. The number of benzene rings is 1. The van der Waals surface area contributed by atoms with Crippen molar-refractivity contribution < 1.29 is 14.7 Å². The second-order valence-corrected chi connectivity index (χ2v) is 7.62. The first-order valence-corrected chi connectivity index (χ1v) is 9.72. The summed E-state index contributed by atoms with van der Waals surface area (Å²) in [7, 11) is 0. The Morgan fingerprint density at radius 1 is 1.18 bits per heavy atom. The van der Waals surface area contributed by atoms with Gasteiger partial charge in [-0.05, 0) is 41.6 Å². The second kappa shape index (κ2) is 7.40. The summed E-state index contributed by atoms with van der Waals surface area (Å²) in [5.74, 6) is -1.33. The van der Waals surface area contributed by atoms with Crippen LogP contribution >= 0.6 is 11.3 Å². The van der Waals surface area contributed by atoms with Crippen LogP contribution in [0.5, 0.6) is 0 Å². The number of ketones is 1. The number of rotatable bonds is 5. The fraction of sp³-hybridized carbons (Fsp3) is 0.136. The van der Waals surface area contributed by atoms with Gasteiger partial charge in [-0.1, -0.05) is 35.9 Å². The fourth-order valence-corrected chi connectivity index (χ4v) is 4.14. The zero-order chi connectivity index (χ0) is 19.7. The van der Waals surface area contributed by atoms with Crippen molar-refractivity contribution in [2.45, 2.75) is 19.5 Å². The number of carbonyl (C=O) groups is 2. The van der Waals surface area contributed by atoms with Crippen molar-refractivity contribution in [3.8, 4) is 0 Å². The molecule has 4 rings (SSSR count). The van der Waals surface area contributed by atoms with E-state index < -0.39 is 17.7 Å². The normalized spacial score (nSPS) is 16.7. The molecule has 0 bridgehead atoms. The molecule has 1 atom stereocenters. The number of carbonyl (C=O) groups excluding carboxylic acids is 2. The van der Waals surface area contributed by atoms with E-state index in [2.05, 4.69) is 4.98 Å². The molecule has 2 aromatic heterocycles. The van der Waals surface area contributed by atoms with Gasteiger partial charge in [0.2, 0.25) is 5.78 Å². The number of Topliss-reactive ketones (excluding diaryl/α,β-unsaturated/α-hetero) is 1. The summed E-state index contributed by atoms with van der Waals surface area (Å²) < 4.78 is 0. The van der Waals surface area contributed by atoms with Crippen LogP contribution in [0.2, 0.25) is 0 Å². The first-order valence-electron chi connectivity index (χ1n) is 8.84. The number of amides is 1. The van der Waals surface area contributed by atoms with E-state index >= 15 is 0 Å². The van der Waals surface area contributed by atoms with Crippen LogP contribution in [0, 0.1) is 6.92 Å². The van der Waals surface area contributed by atoms with Crippen LogP contribution in [0.1, 0.15) is 32.4 Å². The number of aromatic nitrogens is 1. The Labute approximate surface area is 166 Å². The minimum absolute atomic E-state index is 0.132. The Balaban J connectivity index is 1.81. The molecule has 3 aromatic rings. The van der Waals surface area contributed by atoms with Crippen LogP contribution in [0.15, 0.2) is 77.6 Å². The van der Waals surface area contributed by atoms with Gasteiger partial charge < -0.3 is 10.0 Å². The lowest BCUT2D eigenvalue weighted by Crippen LogP contribution is -2.30. The van der Waals surface area contributed by atoms with Crippen molar-refractivity contribution in [3.63, 3.8) is 0 Å². The Morgan fingerprint density at radius 3 is 2.64 bits per heavy atom. The number of hydrogen-bond donors (Lipinski definition) is 1. The molecule has 1 aliphatic heterocycles. The van der Waals surface area contributed by atoms with Crippen molar-refractivity contribution in [2.75, 3.05) is 0 Å². The van der Waals surface area contributed by atoms with Crippen LogP contribution in [-0.2, 0) is 11.3 Å². The number of aryl methyl sites for hydroxylation is 1. The average Bonchev–Trinajstić information content (AvgIpc) is 3.32. The molecule has 0 fully saturated rings. The number of pyridine rings is 1. The lowest BCUT2D eigenvalue weighted by Gasteiger charge is -2.27. The predicted octanol–water partition coefficient (Wildman–Crippen LogP) is 4.23. The molecule has 28 heavy (non-hydrogen) atoms. The lowest BCUT2D eigenvalue weighted by atomic mass is 9.94. The van der Waals surface area contributed by atoms with E-state index in [1.165, 1.54) is 11.3 Å². The third-order valence-corrected chi connectivity index (χ3v) is 5.62. The van der Waals surface area contributed by atoms with Gasteiger partial charge in [0, 0.05) is 18.9 Å². The SMILES string of the molecule is Cc1cccc(C2C(C(=O)c3cccs3)=C(O)C(=O)N2Cc2ccncc2)c1. The molecule has 1 N–H and O–H groups in total. The Bertz CT molecular complexity index is 1060. The maximum Gasteiger partial charge on any atom is 0.290 e. The van der Waals surface area contributed by atoms with Gasteiger partial charge in [-0.3, -0.25) is 14.6 Å². The quantitative estimate of drug-likeness (QED) is 0.662. The van der Waals surface area contributed by atoms with Crippen molar-refractivity contribution in [1.82, 2.24) is 9.88 Å². The van der Waals surface area contributed by atoms with Gasteiger partial charge in [0.25, 0.3) is 5.91 Å². The van der Waals surface area contributed by atoms with Gasteiger partial charge in [-0.2, -0.15) is 0 Å². The molecule has 0 saturated heterocycles. The zero-order valence-corrected chi connectivity index (χ0v) is 16.0. The third kappa shape index (κ3) is 3.23. The predicted molar refractivity (Wildman–Crippen MR) is 107 cm³/mol. The summed E-state index contributed by atoms with van der Waals surface area (Å²) >= 11 is 1.29. The number of hydrogen-bond acceptors (Lipinski definition) is 5. The first-order chi connectivity index (χ1) is 13.6. The minimum atomic E-state index is -0.643. The summed E-state index contributed by atoms with van der Waals surface area (Å²) in [6, 6.07) is 14.1. The second-order valence-electron chi connectivity index (χ2n) is 6.67. The van der Waals surface area contributed by atoms with Gasteiger partial charge in [0.1, 0.15) is 0 Å². The molecule has 1 amide bonds. The molecule has 1 unspecified atom stereocenters. The van der Waals surface area contributed by atoms with E-state index in [-0.39, 0.29) is 17.9 Å². The van der Waals surface area contributed by atoms with Crippen LogP contribution in [-0.4, -0.2) is 26.7 Å². The van der Waals surface area contributed by atoms with E-state index in [1.807, 2.05) is 43.3 Å². The van der Waals surface area contributed by atoms with Gasteiger partial charge in [0.05, 0.1) is 16.5 Å². The minimum Gasteiger partial charge on any atom is -0.503 e. The van der Waals surface area contributed by atoms with Crippen LogP contribution < -0.4 is 0 Å². The van der Waals surface area contributed by atoms with Crippen molar-refractivity contribution in [2.24, 2.45) is 0 Å². The molecule has 140 valence electrons. The Kier molecular flexibility index (Phi) is 4.79. The largest absolute Gasteiger partial charge is 0.503 e. The summed E-state index contributed by atoms with van der Waals surface area (Å²) in [6.07, 6.45) is 3.31. The molecule has 0 spiro atoms. The summed E-state index contributed by atoms with van der Waals surface area (Å²) in [5, 5.41) is 12.4. The van der Waals surface area contributed by atoms with Gasteiger partial charge in [0.15, 0.2) is 5.76 Å². The number of thiophene rings is 1. The fourth-order valence-electron chi connectivity index (χ4n) is 3.46. The molecular formula is C22H18N2O3S. The standard InChI is InChI=1S/C22H18N2O3S/c1-14-4-2-5-16(12-14)19-18(20(25)17-6-3-11-28-17)21(26)22(27)24(19)13-15-7-9-23-10-8-15/h2-12,19,26H,13H2,1H3. The maximum absolute atomic E-state index is 13.1. The average molecular weight is 390 g/mol. The molecule has 1 aliphatic rings.